The highest BCUT2D eigenvalue weighted by Gasteiger charge is 2.71. The molecule has 4 aliphatic rings. The molecule has 5 nitrogen and oxygen atoms in total. The lowest BCUT2D eigenvalue weighted by Gasteiger charge is -2.51. The number of methoxy groups -OCH3 is 2. The Bertz CT molecular complexity index is 1100. The molecule has 1 aromatic rings. The van der Waals surface area contributed by atoms with Gasteiger partial charge in [0.25, 0.3) is 0 Å². The van der Waals surface area contributed by atoms with Gasteiger partial charge < -0.3 is 18.6 Å². The number of allylic oxidation sites excluding steroid dienone is 2. The summed E-state index contributed by atoms with van der Waals surface area (Å²) in [5.41, 5.74) is 2.91. The second kappa shape index (κ2) is 8.89. The van der Waals surface area contributed by atoms with Crippen LogP contribution >= 0.6 is 0 Å². The fourth-order valence-corrected chi connectivity index (χ4v) is 8.83. The lowest BCUT2D eigenvalue weighted by Crippen LogP contribution is -2.50. The average Bonchev–Trinajstić information content (AvgIpc) is 3.07. The Labute approximate surface area is 218 Å². The van der Waals surface area contributed by atoms with Crippen molar-refractivity contribution in [2.75, 3.05) is 21.0 Å². The van der Waals surface area contributed by atoms with Crippen LogP contribution in [0.15, 0.2) is 29.5 Å². The normalized spacial score (nSPS) is 33.3. The summed E-state index contributed by atoms with van der Waals surface area (Å²) in [6.45, 7) is 11.8. The Morgan fingerprint density at radius 3 is 2.58 bits per heavy atom. The van der Waals surface area contributed by atoms with Crippen LogP contribution in [0.25, 0.3) is 0 Å². The number of nitrogens with zero attached hydrogens (tertiary/aromatic N) is 1. The van der Waals surface area contributed by atoms with E-state index < -0.39 is 19.3 Å². The van der Waals surface area contributed by atoms with Gasteiger partial charge in [-0.1, -0.05) is 33.3 Å². The van der Waals surface area contributed by atoms with Gasteiger partial charge in [-0.25, -0.2) is 0 Å². The molecule has 0 spiro atoms. The number of hydrogen-bond acceptors (Lipinski definition) is 5. The molecule has 0 amide bonds. The molecule has 36 heavy (non-hydrogen) atoms. The SMILES string of the molecule is COCO[C@@]12C[C@@H](Cc3cc(OC)ccc31)[C@]1(C#N)[C@H]3CCCCC3=C(O[Si](C)(C)C(C)(C)C)C[C@@H]12. The lowest BCUT2D eigenvalue weighted by molar-refractivity contribution is -0.165. The highest BCUT2D eigenvalue weighted by Crippen LogP contribution is 2.71. The quantitative estimate of drug-likeness (QED) is 0.303. The van der Waals surface area contributed by atoms with Crippen molar-refractivity contribution >= 4 is 8.32 Å². The molecule has 5 atom stereocenters. The van der Waals surface area contributed by atoms with Gasteiger partial charge in [-0.05, 0) is 85.0 Å². The highest BCUT2D eigenvalue weighted by molar-refractivity contribution is 6.74. The maximum Gasteiger partial charge on any atom is 0.250 e. The van der Waals surface area contributed by atoms with Crippen LogP contribution in [0.2, 0.25) is 18.1 Å². The van der Waals surface area contributed by atoms with Crippen LogP contribution in [0.3, 0.4) is 0 Å². The van der Waals surface area contributed by atoms with E-state index in [1.54, 1.807) is 14.2 Å². The van der Waals surface area contributed by atoms with E-state index in [-0.39, 0.29) is 29.6 Å². The summed E-state index contributed by atoms with van der Waals surface area (Å²) in [4.78, 5) is 0. The van der Waals surface area contributed by atoms with Gasteiger partial charge in [-0.3, -0.25) is 0 Å². The van der Waals surface area contributed by atoms with Crippen LogP contribution < -0.4 is 4.74 Å². The molecular formula is C30H43NO4Si. The number of nitriles is 1. The van der Waals surface area contributed by atoms with E-state index in [1.807, 2.05) is 6.07 Å². The number of benzene rings is 1. The standard InChI is InChI=1S/C30H43NO4Si/c1-28(2,3)36(6,7)35-26-16-27-29(18-31,25-11-9-8-10-23(25)26)21-14-20-15-22(33-5)12-13-24(20)30(27,17-21)34-19-32-4/h12-13,15,21,25,27H,8-11,14,16-17,19H2,1-7H3/t21-,25+,27+,29-,30+/m1/s1. The number of ether oxygens (including phenoxy) is 3. The van der Waals surface area contributed by atoms with Gasteiger partial charge in [-0.2, -0.15) is 5.26 Å². The Kier molecular flexibility index (Phi) is 6.38. The molecular weight excluding hydrogens is 466 g/mol. The third-order valence-electron chi connectivity index (χ3n) is 10.3. The molecule has 4 aliphatic carbocycles. The summed E-state index contributed by atoms with van der Waals surface area (Å²) in [5.74, 6) is 2.58. The predicted octanol–water partition coefficient (Wildman–Crippen LogP) is 7.08. The molecule has 1 aromatic carbocycles. The lowest BCUT2D eigenvalue weighted by atomic mass is 9.54. The fourth-order valence-electron chi connectivity index (χ4n) is 7.70. The Balaban J connectivity index is 1.69. The summed E-state index contributed by atoms with van der Waals surface area (Å²) in [6, 6.07) is 9.39. The molecule has 2 fully saturated rings. The molecule has 2 bridgehead atoms. The van der Waals surface area contributed by atoms with Crippen molar-refractivity contribution in [2.24, 2.45) is 23.2 Å². The largest absolute Gasteiger partial charge is 0.547 e. The van der Waals surface area contributed by atoms with Crippen molar-refractivity contribution in [1.82, 2.24) is 0 Å². The first-order valence-electron chi connectivity index (χ1n) is 13.7. The Hall–Kier alpha value is -1.81. The van der Waals surface area contributed by atoms with Crippen molar-refractivity contribution < 1.29 is 18.6 Å². The minimum Gasteiger partial charge on any atom is -0.547 e. The van der Waals surface area contributed by atoms with Crippen molar-refractivity contribution in [2.45, 2.75) is 89.5 Å². The van der Waals surface area contributed by atoms with Crippen molar-refractivity contribution in [3.63, 3.8) is 0 Å². The van der Waals surface area contributed by atoms with E-state index in [2.05, 4.69) is 52.1 Å². The Morgan fingerprint density at radius 1 is 1.14 bits per heavy atom. The molecule has 0 aliphatic heterocycles. The fraction of sp³-hybridized carbons (Fsp3) is 0.700. The van der Waals surface area contributed by atoms with Crippen LogP contribution in [0.4, 0.5) is 0 Å². The molecule has 6 heteroatoms. The van der Waals surface area contributed by atoms with Gasteiger partial charge in [0.2, 0.25) is 8.32 Å². The minimum atomic E-state index is -2.04. The average molecular weight is 510 g/mol. The van der Waals surface area contributed by atoms with Crippen molar-refractivity contribution in [3.8, 4) is 11.8 Å². The number of hydrogen-bond donors (Lipinski definition) is 0. The molecule has 0 aromatic heterocycles. The smallest absolute Gasteiger partial charge is 0.250 e. The van der Waals surface area contributed by atoms with Gasteiger partial charge in [0.15, 0.2) is 0 Å². The summed E-state index contributed by atoms with van der Waals surface area (Å²) >= 11 is 0. The van der Waals surface area contributed by atoms with Crippen LogP contribution in [0.5, 0.6) is 5.75 Å². The van der Waals surface area contributed by atoms with Crippen molar-refractivity contribution in [1.29, 1.82) is 5.26 Å². The zero-order valence-corrected chi connectivity index (χ0v) is 24.2. The summed E-state index contributed by atoms with van der Waals surface area (Å²) < 4.78 is 25.0. The van der Waals surface area contributed by atoms with Crippen LogP contribution in [0, 0.1) is 34.5 Å². The maximum absolute atomic E-state index is 11.1. The summed E-state index contributed by atoms with van der Waals surface area (Å²) in [5, 5.41) is 11.2. The molecule has 0 radical (unpaired) electrons. The molecule has 196 valence electrons. The molecule has 0 saturated heterocycles. The van der Waals surface area contributed by atoms with Gasteiger partial charge in [0.05, 0.1) is 24.4 Å². The van der Waals surface area contributed by atoms with Gasteiger partial charge >= 0.3 is 0 Å². The van der Waals surface area contributed by atoms with E-state index in [4.69, 9.17) is 18.6 Å². The van der Waals surface area contributed by atoms with E-state index in [0.29, 0.717) is 0 Å². The highest BCUT2D eigenvalue weighted by atomic mass is 28.4. The van der Waals surface area contributed by atoms with Gasteiger partial charge in [0.1, 0.15) is 18.1 Å². The van der Waals surface area contributed by atoms with Gasteiger partial charge in [0, 0.05) is 25.4 Å². The second-order valence-electron chi connectivity index (χ2n) is 13.0. The van der Waals surface area contributed by atoms with E-state index in [9.17, 15) is 5.26 Å². The van der Waals surface area contributed by atoms with Crippen LogP contribution in [0.1, 0.15) is 70.4 Å². The molecule has 0 N–H and O–H groups in total. The first-order chi connectivity index (χ1) is 17.0. The zero-order valence-electron chi connectivity index (χ0n) is 23.2. The van der Waals surface area contributed by atoms with Crippen LogP contribution in [-0.2, 0) is 25.9 Å². The monoisotopic (exact) mass is 509 g/mol. The molecule has 0 unspecified atom stereocenters. The predicted molar refractivity (Wildman–Crippen MR) is 143 cm³/mol. The summed E-state index contributed by atoms with van der Waals surface area (Å²) in [6.07, 6.45) is 7.04. The van der Waals surface area contributed by atoms with E-state index in [1.165, 1.54) is 35.3 Å². The first-order valence-corrected chi connectivity index (χ1v) is 16.6. The van der Waals surface area contributed by atoms with E-state index in [0.717, 1.165) is 37.9 Å². The third kappa shape index (κ3) is 3.61. The third-order valence-corrected chi connectivity index (χ3v) is 14.7. The van der Waals surface area contributed by atoms with Crippen LogP contribution in [-0.4, -0.2) is 29.3 Å². The molecule has 2 saturated carbocycles. The maximum atomic E-state index is 11.1. The summed E-state index contributed by atoms with van der Waals surface area (Å²) in [7, 11) is 1.37. The van der Waals surface area contributed by atoms with E-state index >= 15 is 0 Å². The topological polar surface area (TPSA) is 60.7 Å². The zero-order chi connectivity index (χ0) is 25.9. The number of rotatable bonds is 6. The minimum absolute atomic E-state index is 0.0383. The number of fused-ring (bicyclic) bond motifs is 9. The first kappa shape index (κ1) is 25.8. The van der Waals surface area contributed by atoms with Gasteiger partial charge in [-0.15, -0.1) is 0 Å². The van der Waals surface area contributed by atoms with Crippen molar-refractivity contribution in [3.05, 3.63) is 40.7 Å². The second-order valence-corrected chi connectivity index (χ2v) is 17.7. The Morgan fingerprint density at radius 2 is 1.92 bits per heavy atom. The molecule has 5 rings (SSSR count). The molecule has 0 heterocycles.